The number of benzene rings is 2. The van der Waals surface area contributed by atoms with Crippen LogP contribution in [0.5, 0.6) is 0 Å². The lowest BCUT2D eigenvalue weighted by molar-refractivity contribution is 0.552. The van der Waals surface area contributed by atoms with Crippen molar-refractivity contribution in [2.45, 2.75) is 32.2 Å². The van der Waals surface area contributed by atoms with Crippen molar-refractivity contribution >= 4 is 27.5 Å². The SMILES string of the molecule is CC(C)c1ccc(CC(NN)c2ccc(Br)cc2Cl)cc1. The second-order valence-corrected chi connectivity index (χ2v) is 6.81. The lowest BCUT2D eigenvalue weighted by Gasteiger charge is -2.18. The van der Waals surface area contributed by atoms with Gasteiger partial charge in [0.1, 0.15) is 0 Å². The zero-order chi connectivity index (χ0) is 15.4. The highest BCUT2D eigenvalue weighted by molar-refractivity contribution is 9.10. The van der Waals surface area contributed by atoms with E-state index in [-0.39, 0.29) is 6.04 Å². The molecule has 0 bridgehead atoms. The van der Waals surface area contributed by atoms with Crippen LogP contribution in [-0.2, 0) is 6.42 Å². The van der Waals surface area contributed by atoms with Gasteiger partial charge in [0.15, 0.2) is 0 Å². The van der Waals surface area contributed by atoms with Gasteiger partial charge in [0.05, 0.1) is 6.04 Å². The third kappa shape index (κ3) is 4.30. The molecule has 0 saturated carbocycles. The molecule has 4 heteroatoms. The normalized spacial score (nSPS) is 12.7. The molecule has 21 heavy (non-hydrogen) atoms. The summed E-state index contributed by atoms with van der Waals surface area (Å²) in [6.45, 7) is 4.39. The fourth-order valence-corrected chi connectivity index (χ4v) is 3.12. The van der Waals surface area contributed by atoms with Gasteiger partial charge in [0.25, 0.3) is 0 Å². The van der Waals surface area contributed by atoms with Crippen LogP contribution in [0.3, 0.4) is 0 Å². The third-order valence-corrected chi connectivity index (χ3v) is 4.45. The van der Waals surface area contributed by atoms with Crippen LogP contribution in [0.1, 0.15) is 42.5 Å². The summed E-state index contributed by atoms with van der Waals surface area (Å²) in [7, 11) is 0. The van der Waals surface area contributed by atoms with Crippen LogP contribution in [0.2, 0.25) is 5.02 Å². The van der Waals surface area contributed by atoms with Crippen molar-refractivity contribution in [3.05, 3.63) is 68.7 Å². The smallest absolute Gasteiger partial charge is 0.0515 e. The van der Waals surface area contributed by atoms with Crippen LogP contribution in [0.4, 0.5) is 0 Å². The molecule has 2 nitrogen and oxygen atoms in total. The molecule has 1 atom stereocenters. The van der Waals surface area contributed by atoms with Gasteiger partial charge in [-0.25, -0.2) is 0 Å². The average Bonchev–Trinajstić information content (AvgIpc) is 2.46. The molecule has 3 N–H and O–H groups in total. The molecule has 0 fully saturated rings. The van der Waals surface area contributed by atoms with Crippen LogP contribution in [-0.4, -0.2) is 0 Å². The van der Waals surface area contributed by atoms with E-state index in [1.165, 1.54) is 11.1 Å². The van der Waals surface area contributed by atoms with Gasteiger partial charge >= 0.3 is 0 Å². The highest BCUT2D eigenvalue weighted by Gasteiger charge is 2.14. The highest BCUT2D eigenvalue weighted by atomic mass is 79.9. The summed E-state index contributed by atoms with van der Waals surface area (Å²) in [6, 6.07) is 14.5. The van der Waals surface area contributed by atoms with E-state index in [1.54, 1.807) is 0 Å². The molecule has 0 aliphatic rings. The lowest BCUT2D eigenvalue weighted by atomic mass is 9.96. The molecule has 2 aromatic carbocycles. The minimum Gasteiger partial charge on any atom is -0.271 e. The van der Waals surface area contributed by atoms with Crippen LogP contribution < -0.4 is 11.3 Å². The van der Waals surface area contributed by atoms with Crippen LogP contribution in [0, 0.1) is 0 Å². The molecular formula is C17H20BrClN2. The lowest BCUT2D eigenvalue weighted by Crippen LogP contribution is -2.29. The molecular weight excluding hydrogens is 348 g/mol. The van der Waals surface area contributed by atoms with Crippen molar-refractivity contribution in [2.24, 2.45) is 5.84 Å². The molecule has 0 amide bonds. The van der Waals surface area contributed by atoms with Gasteiger partial charge in [-0.1, -0.05) is 71.7 Å². The molecule has 2 rings (SSSR count). The summed E-state index contributed by atoms with van der Waals surface area (Å²) in [4.78, 5) is 0. The average molecular weight is 368 g/mol. The molecule has 0 saturated heterocycles. The zero-order valence-electron chi connectivity index (χ0n) is 12.2. The fourth-order valence-electron chi connectivity index (χ4n) is 2.32. The highest BCUT2D eigenvalue weighted by Crippen LogP contribution is 2.28. The monoisotopic (exact) mass is 366 g/mol. The van der Waals surface area contributed by atoms with Crippen LogP contribution in [0.25, 0.3) is 0 Å². The van der Waals surface area contributed by atoms with Gasteiger partial charge in [0, 0.05) is 9.50 Å². The van der Waals surface area contributed by atoms with Gasteiger partial charge in [-0.2, -0.15) is 0 Å². The van der Waals surface area contributed by atoms with Gasteiger partial charge in [0.2, 0.25) is 0 Å². The second kappa shape index (κ2) is 7.41. The van der Waals surface area contributed by atoms with Gasteiger partial charge < -0.3 is 0 Å². The predicted molar refractivity (Wildman–Crippen MR) is 93.5 cm³/mol. The molecule has 1 unspecified atom stereocenters. The Balaban J connectivity index is 2.18. The second-order valence-electron chi connectivity index (χ2n) is 5.49. The van der Waals surface area contributed by atoms with E-state index in [0.29, 0.717) is 10.9 Å². The summed E-state index contributed by atoms with van der Waals surface area (Å²) >= 11 is 9.73. The fraction of sp³-hybridized carbons (Fsp3) is 0.294. The molecule has 0 aliphatic carbocycles. The first-order valence-electron chi connectivity index (χ1n) is 7.01. The van der Waals surface area contributed by atoms with Crippen molar-refractivity contribution < 1.29 is 0 Å². The topological polar surface area (TPSA) is 38.0 Å². The van der Waals surface area contributed by atoms with Gasteiger partial charge in [-0.15, -0.1) is 0 Å². The number of rotatable bonds is 5. The van der Waals surface area contributed by atoms with Crippen LogP contribution in [0.15, 0.2) is 46.9 Å². The van der Waals surface area contributed by atoms with Crippen molar-refractivity contribution in [3.63, 3.8) is 0 Å². The minimum atomic E-state index is -0.00417. The van der Waals surface area contributed by atoms with E-state index in [4.69, 9.17) is 17.4 Å². The molecule has 0 aliphatic heterocycles. The number of halogens is 2. The number of hydrogen-bond donors (Lipinski definition) is 2. The number of nitrogens with two attached hydrogens (primary N) is 1. The maximum absolute atomic E-state index is 6.31. The molecule has 0 radical (unpaired) electrons. The Labute approximate surface area is 139 Å². The predicted octanol–water partition coefficient (Wildman–Crippen LogP) is 4.97. The van der Waals surface area contributed by atoms with E-state index >= 15 is 0 Å². The van der Waals surface area contributed by atoms with Crippen molar-refractivity contribution in [3.8, 4) is 0 Å². The largest absolute Gasteiger partial charge is 0.271 e. The number of hydrogen-bond acceptors (Lipinski definition) is 2. The van der Waals surface area contributed by atoms with E-state index < -0.39 is 0 Å². The van der Waals surface area contributed by atoms with Gasteiger partial charge in [-0.3, -0.25) is 11.3 Å². The number of nitrogens with one attached hydrogen (secondary N) is 1. The molecule has 0 spiro atoms. The Hall–Kier alpha value is -0.870. The summed E-state index contributed by atoms with van der Waals surface area (Å²) in [5.74, 6) is 6.26. The Morgan fingerprint density at radius 1 is 1.14 bits per heavy atom. The van der Waals surface area contributed by atoms with Gasteiger partial charge in [-0.05, 0) is 41.2 Å². The number of hydrazine groups is 1. The quantitative estimate of drug-likeness (QED) is 0.578. The summed E-state index contributed by atoms with van der Waals surface area (Å²) in [6.07, 6.45) is 0.802. The molecule has 0 heterocycles. The molecule has 0 aromatic heterocycles. The maximum atomic E-state index is 6.31. The Bertz CT molecular complexity index is 596. The zero-order valence-corrected chi connectivity index (χ0v) is 14.6. The standard InChI is InChI=1S/C17H20BrClN2/c1-11(2)13-5-3-12(4-6-13)9-17(21-20)15-8-7-14(18)10-16(15)19/h3-8,10-11,17,21H,9,20H2,1-2H3. The summed E-state index contributed by atoms with van der Waals surface area (Å²) < 4.78 is 0.966. The molecule has 112 valence electrons. The first kappa shape index (κ1) is 16.5. The minimum absolute atomic E-state index is 0.00417. The Kier molecular flexibility index (Phi) is 5.82. The van der Waals surface area contributed by atoms with E-state index in [9.17, 15) is 0 Å². The van der Waals surface area contributed by atoms with Crippen molar-refractivity contribution in [1.82, 2.24) is 5.43 Å². The third-order valence-electron chi connectivity index (χ3n) is 3.63. The van der Waals surface area contributed by atoms with E-state index in [2.05, 4.69) is 59.5 Å². The first-order valence-corrected chi connectivity index (χ1v) is 8.18. The molecule has 2 aromatic rings. The first-order chi connectivity index (χ1) is 10.0. The van der Waals surface area contributed by atoms with E-state index in [0.717, 1.165) is 16.5 Å². The Morgan fingerprint density at radius 3 is 2.33 bits per heavy atom. The summed E-state index contributed by atoms with van der Waals surface area (Å²) in [5.41, 5.74) is 6.46. The van der Waals surface area contributed by atoms with E-state index in [1.807, 2.05) is 18.2 Å². The maximum Gasteiger partial charge on any atom is 0.0515 e. The van der Waals surface area contributed by atoms with Crippen molar-refractivity contribution in [2.75, 3.05) is 0 Å². The van der Waals surface area contributed by atoms with Crippen molar-refractivity contribution in [1.29, 1.82) is 0 Å². The summed E-state index contributed by atoms with van der Waals surface area (Å²) in [5, 5.41) is 0.714. The van der Waals surface area contributed by atoms with Crippen LogP contribution >= 0.6 is 27.5 Å². The Morgan fingerprint density at radius 2 is 1.81 bits per heavy atom.